The molecule has 0 bridgehead atoms. The van der Waals surface area contributed by atoms with E-state index in [1.54, 1.807) is 18.0 Å². The number of hydrogen-bond donors (Lipinski definition) is 1. The third kappa shape index (κ3) is 4.87. The van der Waals surface area contributed by atoms with Gasteiger partial charge in [0.05, 0.1) is 0 Å². The lowest BCUT2D eigenvalue weighted by Crippen LogP contribution is -2.22. The summed E-state index contributed by atoms with van der Waals surface area (Å²) in [6, 6.07) is 15.1. The van der Waals surface area contributed by atoms with Crippen LogP contribution in [0, 0.1) is 0 Å². The molecule has 0 aliphatic carbocycles. The lowest BCUT2D eigenvalue weighted by molar-refractivity contribution is 0.0951. The monoisotopic (exact) mass is 371 g/mol. The zero-order chi connectivity index (χ0) is 17.6. The first-order valence-electron chi connectivity index (χ1n) is 7.83. The van der Waals surface area contributed by atoms with E-state index in [9.17, 15) is 4.79 Å². The van der Waals surface area contributed by atoms with Gasteiger partial charge >= 0.3 is 0 Å². The summed E-state index contributed by atoms with van der Waals surface area (Å²) in [5.41, 5.74) is 2.76. The van der Waals surface area contributed by atoms with Crippen molar-refractivity contribution in [2.75, 3.05) is 0 Å². The van der Waals surface area contributed by atoms with Crippen LogP contribution in [0.3, 0.4) is 0 Å². The maximum absolute atomic E-state index is 12.4. The molecule has 0 aliphatic rings. The molecule has 0 radical (unpaired) electrons. The molecule has 0 saturated heterocycles. The van der Waals surface area contributed by atoms with Crippen LogP contribution in [-0.2, 0) is 19.3 Å². The van der Waals surface area contributed by atoms with Gasteiger partial charge in [-0.15, -0.1) is 0 Å². The third-order valence-electron chi connectivity index (χ3n) is 3.70. The predicted octanol–water partition coefficient (Wildman–Crippen LogP) is 4.30. The quantitative estimate of drug-likeness (QED) is 0.657. The molecule has 1 heterocycles. The molecule has 0 unspecified atom stereocenters. The van der Waals surface area contributed by atoms with Gasteiger partial charge in [-0.1, -0.05) is 47.6 Å². The molecule has 0 fully saturated rings. The van der Waals surface area contributed by atoms with Crippen molar-refractivity contribution in [3.05, 3.63) is 82.6 Å². The fourth-order valence-corrected chi connectivity index (χ4v) is 3.33. The van der Waals surface area contributed by atoms with Crippen molar-refractivity contribution in [3.63, 3.8) is 0 Å². The normalized spacial score (nSPS) is 10.6. The zero-order valence-corrected chi connectivity index (χ0v) is 15.3. The van der Waals surface area contributed by atoms with Gasteiger partial charge in [0.1, 0.15) is 0 Å². The largest absolute Gasteiger partial charge is 0.348 e. The van der Waals surface area contributed by atoms with Crippen LogP contribution in [0.25, 0.3) is 0 Å². The van der Waals surface area contributed by atoms with Crippen molar-refractivity contribution in [3.8, 4) is 0 Å². The summed E-state index contributed by atoms with van der Waals surface area (Å²) in [6.07, 6.45) is 3.70. The average molecular weight is 372 g/mol. The Hall–Kier alpha value is -2.24. The lowest BCUT2D eigenvalue weighted by Gasteiger charge is -2.07. The Kier molecular flexibility index (Phi) is 5.79. The standard InChI is InChI=1S/C19H18ClN3OS/c1-23-10-9-21-19(23)25-13-15-3-2-4-16(11-15)18(24)22-12-14-5-7-17(20)8-6-14/h2-11H,12-13H2,1H3,(H,22,24). The molecule has 1 amide bonds. The van der Waals surface area contributed by atoms with Crippen LogP contribution in [0.5, 0.6) is 0 Å². The minimum Gasteiger partial charge on any atom is -0.348 e. The number of nitrogens with one attached hydrogen (secondary N) is 1. The smallest absolute Gasteiger partial charge is 0.251 e. The van der Waals surface area contributed by atoms with Gasteiger partial charge in [-0.3, -0.25) is 4.79 Å². The summed E-state index contributed by atoms with van der Waals surface area (Å²) < 4.78 is 1.98. The first-order chi connectivity index (χ1) is 12.1. The first kappa shape index (κ1) is 17.6. The Morgan fingerprint density at radius 2 is 2.00 bits per heavy atom. The second-order valence-electron chi connectivity index (χ2n) is 5.62. The maximum atomic E-state index is 12.4. The van der Waals surface area contributed by atoms with E-state index in [0.717, 1.165) is 22.0 Å². The Bertz CT molecular complexity index is 861. The molecule has 128 valence electrons. The number of rotatable bonds is 6. The Labute approximate surface area is 156 Å². The van der Waals surface area contributed by atoms with Gasteiger partial charge in [-0.2, -0.15) is 0 Å². The summed E-state index contributed by atoms with van der Waals surface area (Å²) in [6.45, 7) is 0.474. The summed E-state index contributed by atoms with van der Waals surface area (Å²) >= 11 is 7.52. The molecule has 0 aliphatic heterocycles. The van der Waals surface area contributed by atoms with Crippen molar-refractivity contribution in [1.82, 2.24) is 14.9 Å². The predicted molar refractivity (Wildman–Crippen MR) is 102 cm³/mol. The Morgan fingerprint density at radius 1 is 1.20 bits per heavy atom. The van der Waals surface area contributed by atoms with Crippen LogP contribution >= 0.6 is 23.4 Å². The number of amides is 1. The lowest BCUT2D eigenvalue weighted by atomic mass is 10.1. The second kappa shape index (κ2) is 8.23. The van der Waals surface area contributed by atoms with Crippen LogP contribution < -0.4 is 5.32 Å². The number of aryl methyl sites for hydroxylation is 1. The highest BCUT2D eigenvalue weighted by Crippen LogP contribution is 2.21. The highest BCUT2D eigenvalue weighted by Gasteiger charge is 2.07. The molecule has 25 heavy (non-hydrogen) atoms. The molecule has 1 N–H and O–H groups in total. The van der Waals surface area contributed by atoms with E-state index in [1.807, 2.05) is 66.3 Å². The number of aromatic nitrogens is 2. The molecule has 0 spiro atoms. The third-order valence-corrected chi connectivity index (χ3v) is 5.08. The fourth-order valence-electron chi connectivity index (χ4n) is 2.33. The van der Waals surface area contributed by atoms with E-state index >= 15 is 0 Å². The Morgan fingerprint density at radius 3 is 2.72 bits per heavy atom. The average Bonchev–Trinajstić information content (AvgIpc) is 3.04. The van der Waals surface area contributed by atoms with Crippen molar-refractivity contribution in [2.45, 2.75) is 17.5 Å². The SMILES string of the molecule is Cn1ccnc1SCc1cccc(C(=O)NCc2ccc(Cl)cc2)c1. The second-order valence-corrected chi connectivity index (χ2v) is 7.00. The van der Waals surface area contributed by atoms with Crippen LogP contribution in [0.15, 0.2) is 66.1 Å². The number of nitrogens with zero attached hydrogens (tertiary/aromatic N) is 2. The van der Waals surface area contributed by atoms with Crippen LogP contribution in [0.2, 0.25) is 5.02 Å². The Balaban J connectivity index is 1.59. The topological polar surface area (TPSA) is 46.9 Å². The van der Waals surface area contributed by atoms with Crippen LogP contribution in [0.1, 0.15) is 21.5 Å². The molecule has 3 rings (SSSR count). The van der Waals surface area contributed by atoms with Crippen LogP contribution in [0.4, 0.5) is 0 Å². The van der Waals surface area contributed by atoms with Crippen molar-refractivity contribution < 1.29 is 4.79 Å². The molecular formula is C19H18ClN3OS. The molecule has 0 saturated carbocycles. The van der Waals surface area contributed by atoms with E-state index in [2.05, 4.69) is 10.3 Å². The fraction of sp³-hybridized carbons (Fsp3) is 0.158. The summed E-state index contributed by atoms with van der Waals surface area (Å²) in [5.74, 6) is 0.683. The van der Waals surface area contributed by atoms with Crippen molar-refractivity contribution >= 4 is 29.3 Å². The van der Waals surface area contributed by atoms with Gasteiger partial charge in [-0.05, 0) is 35.4 Å². The van der Waals surface area contributed by atoms with Gasteiger partial charge < -0.3 is 9.88 Å². The molecule has 4 nitrogen and oxygen atoms in total. The van der Waals surface area contributed by atoms with Gasteiger partial charge in [0.2, 0.25) is 0 Å². The number of thioether (sulfide) groups is 1. The minimum atomic E-state index is -0.0845. The number of carbonyl (C=O) groups is 1. The van der Waals surface area contributed by atoms with E-state index in [4.69, 9.17) is 11.6 Å². The summed E-state index contributed by atoms with van der Waals surface area (Å²) in [5, 5.41) is 4.58. The van der Waals surface area contributed by atoms with E-state index in [1.165, 1.54) is 0 Å². The highest BCUT2D eigenvalue weighted by molar-refractivity contribution is 7.98. The molecule has 6 heteroatoms. The number of carbonyl (C=O) groups excluding carboxylic acids is 1. The zero-order valence-electron chi connectivity index (χ0n) is 13.8. The van der Waals surface area contributed by atoms with Crippen LogP contribution in [-0.4, -0.2) is 15.5 Å². The molecule has 1 aromatic heterocycles. The van der Waals surface area contributed by atoms with Gasteiger partial charge in [0, 0.05) is 42.3 Å². The van der Waals surface area contributed by atoms with Gasteiger partial charge in [0.25, 0.3) is 5.91 Å². The molecular weight excluding hydrogens is 354 g/mol. The number of halogens is 1. The maximum Gasteiger partial charge on any atom is 0.251 e. The van der Waals surface area contributed by atoms with E-state index < -0.39 is 0 Å². The first-order valence-corrected chi connectivity index (χ1v) is 9.20. The number of hydrogen-bond acceptors (Lipinski definition) is 3. The molecule has 0 atom stereocenters. The summed E-state index contributed by atoms with van der Waals surface area (Å²) in [7, 11) is 1.97. The minimum absolute atomic E-state index is 0.0845. The molecule has 2 aromatic carbocycles. The van der Waals surface area contributed by atoms with Crippen molar-refractivity contribution in [2.24, 2.45) is 7.05 Å². The number of imidazole rings is 1. The van der Waals surface area contributed by atoms with Gasteiger partial charge in [-0.25, -0.2) is 4.98 Å². The highest BCUT2D eigenvalue weighted by atomic mass is 35.5. The van der Waals surface area contributed by atoms with E-state index in [-0.39, 0.29) is 5.91 Å². The molecule has 3 aromatic rings. The van der Waals surface area contributed by atoms with Gasteiger partial charge in [0.15, 0.2) is 5.16 Å². The summed E-state index contributed by atoms with van der Waals surface area (Å²) in [4.78, 5) is 16.7. The number of benzene rings is 2. The van der Waals surface area contributed by atoms with Crippen molar-refractivity contribution in [1.29, 1.82) is 0 Å². The van der Waals surface area contributed by atoms with E-state index in [0.29, 0.717) is 17.1 Å².